The van der Waals surface area contributed by atoms with Crippen LogP contribution in [0.25, 0.3) is 10.9 Å². The van der Waals surface area contributed by atoms with E-state index in [1.807, 2.05) is 22.6 Å². The molecule has 0 bridgehead atoms. The van der Waals surface area contributed by atoms with Gasteiger partial charge in [0.1, 0.15) is 6.17 Å². The van der Waals surface area contributed by atoms with Crippen molar-refractivity contribution < 1.29 is 14.2 Å². The Kier molecular flexibility index (Phi) is 5.88. The number of aliphatic hydroxyl groups excluding tert-OH is 1. The van der Waals surface area contributed by atoms with Gasteiger partial charge < -0.3 is 15.2 Å². The van der Waals surface area contributed by atoms with Gasteiger partial charge in [0.05, 0.1) is 48.3 Å². The van der Waals surface area contributed by atoms with Crippen LogP contribution in [0.5, 0.6) is 0 Å². The molecule has 4 heterocycles. The van der Waals surface area contributed by atoms with E-state index in [2.05, 4.69) is 20.4 Å². The highest BCUT2D eigenvalue weighted by Gasteiger charge is 2.47. The van der Waals surface area contributed by atoms with Gasteiger partial charge in [-0.2, -0.15) is 5.10 Å². The summed E-state index contributed by atoms with van der Waals surface area (Å²) >= 11 is 13.1. The van der Waals surface area contributed by atoms with Gasteiger partial charge in [0.15, 0.2) is 5.15 Å². The van der Waals surface area contributed by atoms with Crippen LogP contribution in [0, 0.1) is 0 Å². The standard InChI is InChI=1S/C24H27Cl2FN6O2/c1-24(12-35-11-21(24)34)32-5-4-15(18(27)10-32)16-7-19-13(6-17(16)25)8-28-23(30-19)31-20-9-29-33(22(20)26)14-2-3-14/h6-9,14-15,18,21,34H,2-5,10-12H2,1H3,(H,28,30,31)/t15?,18?,21-,24?/m1/s1. The average Bonchev–Trinajstić information content (AvgIpc) is 3.54. The molecule has 35 heavy (non-hydrogen) atoms. The van der Waals surface area contributed by atoms with Crippen LogP contribution in [0.4, 0.5) is 16.0 Å². The molecular formula is C24H27Cl2FN6O2. The third-order valence-corrected chi connectivity index (χ3v) is 8.33. The largest absolute Gasteiger partial charge is 0.389 e. The smallest absolute Gasteiger partial charge is 0.227 e. The molecule has 1 aliphatic carbocycles. The molecule has 3 aromatic rings. The average molecular weight is 521 g/mol. The van der Waals surface area contributed by atoms with Crippen molar-refractivity contribution in [1.29, 1.82) is 0 Å². The second-order valence-corrected chi connectivity index (χ2v) is 10.8. The number of anilines is 2. The number of alkyl halides is 1. The fraction of sp³-hybridized carbons (Fsp3) is 0.542. The second kappa shape index (κ2) is 8.81. The zero-order chi connectivity index (χ0) is 24.3. The van der Waals surface area contributed by atoms with E-state index in [1.54, 1.807) is 18.5 Å². The summed E-state index contributed by atoms with van der Waals surface area (Å²) in [6.45, 7) is 3.49. The van der Waals surface area contributed by atoms with Gasteiger partial charge in [0, 0.05) is 29.1 Å². The van der Waals surface area contributed by atoms with E-state index in [1.165, 1.54) is 0 Å². The highest BCUT2D eigenvalue weighted by Crippen LogP contribution is 2.41. The van der Waals surface area contributed by atoms with Gasteiger partial charge in [-0.05, 0) is 50.4 Å². The van der Waals surface area contributed by atoms with Gasteiger partial charge >= 0.3 is 0 Å². The van der Waals surface area contributed by atoms with Crippen LogP contribution in [-0.2, 0) is 4.74 Å². The number of aliphatic hydroxyl groups is 1. The first-order valence-electron chi connectivity index (χ1n) is 11.9. The Labute approximate surface area is 212 Å². The highest BCUT2D eigenvalue weighted by atomic mass is 35.5. The number of likely N-dealkylation sites (tertiary alicyclic amines) is 1. The summed E-state index contributed by atoms with van der Waals surface area (Å²) in [6, 6.07) is 4.03. The molecular weight excluding hydrogens is 494 g/mol. The summed E-state index contributed by atoms with van der Waals surface area (Å²) in [7, 11) is 0. The van der Waals surface area contributed by atoms with E-state index in [0.717, 1.165) is 23.8 Å². The van der Waals surface area contributed by atoms with Crippen molar-refractivity contribution in [2.45, 2.75) is 56.0 Å². The summed E-state index contributed by atoms with van der Waals surface area (Å²) in [6.07, 6.45) is 4.37. The SMILES string of the molecule is CC1(N2CCC(c3cc4nc(Nc5cnn(C6CC6)c5Cl)ncc4cc3Cl)C(F)C2)COC[C@H]1O. The molecule has 3 fully saturated rings. The molecule has 2 N–H and O–H groups in total. The van der Waals surface area contributed by atoms with E-state index in [4.69, 9.17) is 27.9 Å². The Morgan fingerprint density at radius 2 is 2.06 bits per heavy atom. The number of rotatable bonds is 5. The van der Waals surface area contributed by atoms with E-state index >= 15 is 4.39 Å². The molecule has 186 valence electrons. The van der Waals surface area contributed by atoms with Gasteiger partial charge in [-0.1, -0.05) is 23.2 Å². The van der Waals surface area contributed by atoms with Crippen molar-refractivity contribution in [1.82, 2.24) is 24.6 Å². The Hall–Kier alpha value is -2.04. The lowest BCUT2D eigenvalue weighted by Crippen LogP contribution is -2.58. The minimum Gasteiger partial charge on any atom is -0.389 e. The van der Waals surface area contributed by atoms with E-state index in [9.17, 15) is 5.11 Å². The Morgan fingerprint density at radius 1 is 1.23 bits per heavy atom. The second-order valence-electron chi connectivity index (χ2n) is 10.0. The van der Waals surface area contributed by atoms with Crippen LogP contribution in [0.15, 0.2) is 24.5 Å². The minimum absolute atomic E-state index is 0.218. The van der Waals surface area contributed by atoms with Gasteiger partial charge in [-0.3, -0.25) is 4.90 Å². The maximum absolute atomic E-state index is 15.5. The van der Waals surface area contributed by atoms with E-state index in [-0.39, 0.29) is 19.1 Å². The van der Waals surface area contributed by atoms with Crippen molar-refractivity contribution >= 4 is 45.7 Å². The molecule has 4 atom stereocenters. The van der Waals surface area contributed by atoms with E-state index < -0.39 is 17.8 Å². The summed E-state index contributed by atoms with van der Waals surface area (Å²) in [5.41, 5.74) is 1.50. The van der Waals surface area contributed by atoms with Crippen LogP contribution in [0.1, 0.15) is 43.7 Å². The third-order valence-electron chi connectivity index (χ3n) is 7.62. The Morgan fingerprint density at radius 3 is 2.77 bits per heavy atom. The Balaban J connectivity index is 1.24. The quantitative estimate of drug-likeness (QED) is 0.512. The predicted octanol–water partition coefficient (Wildman–Crippen LogP) is 4.49. The molecule has 6 rings (SSSR count). The van der Waals surface area contributed by atoms with Crippen molar-refractivity contribution in [2.75, 3.05) is 31.6 Å². The number of aromatic nitrogens is 4. The van der Waals surface area contributed by atoms with Crippen LogP contribution in [0.3, 0.4) is 0 Å². The summed E-state index contributed by atoms with van der Waals surface area (Å²) < 4.78 is 22.8. The zero-order valence-corrected chi connectivity index (χ0v) is 20.8. The van der Waals surface area contributed by atoms with Crippen LogP contribution < -0.4 is 5.32 Å². The molecule has 8 nitrogen and oxygen atoms in total. The maximum Gasteiger partial charge on any atom is 0.227 e. The van der Waals surface area contributed by atoms with Gasteiger partial charge in [-0.15, -0.1) is 0 Å². The number of piperidine rings is 1. The van der Waals surface area contributed by atoms with Crippen LogP contribution in [0.2, 0.25) is 10.2 Å². The molecule has 2 aliphatic heterocycles. The number of benzene rings is 1. The zero-order valence-electron chi connectivity index (χ0n) is 19.3. The van der Waals surface area contributed by atoms with Crippen LogP contribution in [-0.4, -0.2) is 73.9 Å². The molecule has 3 unspecified atom stereocenters. The first kappa shape index (κ1) is 23.4. The fourth-order valence-electron chi connectivity index (χ4n) is 5.21. The molecule has 0 radical (unpaired) electrons. The molecule has 0 amide bonds. The number of nitrogens with zero attached hydrogens (tertiary/aromatic N) is 5. The minimum atomic E-state index is -1.13. The van der Waals surface area contributed by atoms with Crippen molar-refractivity contribution in [3.63, 3.8) is 0 Å². The third kappa shape index (κ3) is 4.17. The van der Waals surface area contributed by atoms with Gasteiger partial charge in [0.2, 0.25) is 5.95 Å². The molecule has 2 aromatic heterocycles. The molecule has 2 saturated heterocycles. The molecule has 3 aliphatic rings. The topological polar surface area (TPSA) is 88.3 Å². The number of nitrogens with one attached hydrogen (secondary N) is 1. The number of halogens is 3. The van der Waals surface area contributed by atoms with Crippen LogP contribution >= 0.6 is 23.2 Å². The number of hydrogen-bond donors (Lipinski definition) is 2. The number of fused-ring (bicyclic) bond motifs is 1. The highest BCUT2D eigenvalue weighted by molar-refractivity contribution is 6.32. The Bertz CT molecular complexity index is 1270. The molecule has 0 spiro atoms. The first-order chi connectivity index (χ1) is 16.8. The van der Waals surface area contributed by atoms with Crippen molar-refractivity contribution in [2.24, 2.45) is 0 Å². The summed E-state index contributed by atoms with van der Waals surface area (Å²) in [4.78, 5) is 11.0. The maximum atomic E-state index is 15.5. The lowest BCUT2D eigenvalue weighted by atomic mass is 9.84. The summed E-state index contributed by atoms with van der Waals surface area (Å²) in [5, 5.41) is 19.7. The fourth-order valence-corrected chi connectivity index (χ4v) is 5.80. The molecule has 11 heteroatoms. The normalized spacial score (nSPS) is 29.7. The first-order valence-corrected chi connectivity index (χ1v) is 12.7. The summed E-state index contributed by atoms with van der Waals surface area (Å²) in [5.74, 6) is 0.0292. The van der Waals surface area contributed by atoms with Gasteiger partial charge in [-0.25, -0.2) is 19.0 Å². The van der Waals surface area contributed by atoms with Crippen molar-refractivity contribution in [3.8, 4) is 0 Å². The van der Waals surface area contributed by atoms with Gasteiger partial charge in [0.25, 0.3) is 0 Å². The molecule has 1 aromatic carbocycles. The van der Waals surface area contributed by atoms with Crippen molar-refractivity contribution in [3.05, 3.63) is 40.3 Å². The van der Waals surface area contributed by atoms with E-state index in [0.29, 0.717) is 52.9 Å². The number of hydrogen-bond acceptors (Lipinski definition) is 7. The molecule has 1 saturated carbocycles. The number of ether oxygens (including phenoxy) is 1. The lowest BCUT2D eigenvalue weighted by Gasteiger charge is -2.45. The lowest BCUT2D eigenvalue weighted by molar-refractivity contribution is -0.0237. The predicted molar refractivity (Wildman–Crippen MR) is 132 cm³/mol. The monoisotopic (exact) mass is 520 g/mol.